The first-order chi connectivity index (χ1) is 14.1. The van der Waals surface area contributed by atoms with Gasteiger partial charge in [0.25, 0.3) is 5.56 Å². The van der Waals surface area contributed by atoms with Gasteiger partial charge in [-0.05, 0) is 30.2 Å². The Kier molecular flexibility index (Phi) is 5.39. The molecule has 2 aromatic heterocycles. The number of benzene rings is 2. The van der Waals surface area contributed by atoms with Crippen LogP contribution in [-0.4, -0.2) is 31.8 Å². The van der Waals surface area contributed by atoms with E-state index >= 15 is 0 Å². The average molecular weight is 408 g/mol. The number of aromatic nitrogens is 4. The minimum absolute atomic E-state index is 0.151. The Bertz CT molecular complexity index is 1200. The van der Waals surface area contributed by atoms with Crippen molar-refractivity contribution in [3.63, 3.8) is 0 Å². The fourth-order valence-corrected chi connectivity index (χ4v) is 3.12. The molecule has 4 aromatic rings. The molecule has 0 radical (unpaired) electrons. The summed E-state index contributed by atoms with van der Waals surface area (Å²) in [5, 5.41) is 11.9. The molecule has 0 saturated heterocycles. The Morgan fingerprint density at radius 2 is 1.83 bits per heavy atom. The summed E-state index contributed by atoms with van der Waals surface area (Å²) in [5.41, 5.74) is 2.65. The lowest BCUT2D eigenvalue weighted by atomic mass is 10.1. The van der Waals surface area contributed by atoms with Crippen LogP contribution < -0.4 is 10.9 Å². The Morgan fingerprint density at radius 1 is 1.07 bits per heavy atom. The van der Waals surface area contributed by atoms with Gasteiger partial charge >= 0.3 is 0 Å². The molecule has 29 heavy (non-hydrogen) atoms. The number of carbonyl (C=O) groups is 1. The smallest absolute Gasteiger partial charge is 0.293 e. The van der Waals surface area contributed by atoms with Crippen LogP contribution in [0, 0.1) is 0 Å². The number of hydrogen-bond donors (Lipinski definition) is 1. The second kappa shape index (κ2) is 8.28. The van der Waals surface area contributed by atoms with Crippen LogP contribution in [-0.2, 0) is 17.8 Å². The van der Waals surface area contributed by atoms with E-state index in [1.54, 1.807) is 6.07 Å². The molecule has 1 N–H and O–H groups in total. The van der Waals surface area contributed by atoms with Crippen LogP contribution in [0.15, 0.2) is 71.8 Å². The molecule has 146 valence electrons. The molecule has 0 aliphatic heterocycles. The molecule has 0 saturated carbocycles. The van der Waals surface area contributed by atoms with Gasteiger partial charge in [-0.15, -0.1) is 0 Å². The van der Waals surface area contributed by atoms with E-state index in [2.05, 4.69) is 15.5 Å². The third kappa shape index (κ3) is 4.35. The van der Waals surface area contributed by atoms with Crippen LogP contribution in [0.1, 0.15) is 5.56 Å². The molecule has 2 aromatic carbocycles. The van der Waals surface area contributed by atoms with Gasteiger partial charge in [0.1, 0.15) is 18.4 Å². The van der Waals surface area contributed by atoms with Gasteiger partial charge in [0.2, 0.25) is 5.91 Å². The maximum Gasteiger partial charge on any atom is 0.293 e. The van der Waals surface area contributed by atoms with Crippen molar-refractivity contribution in [2.45, 2.75) is 13.0 Å². The van der Waals surface area contributed by atoms with E-state index in [1.807, 2.05) is 54.6 Å². The fraction of sp³-hybridized carbons (Fsp3) is 0.143. The molecule has 0 fully saturated rings. The standard InChI is InChI=1S/C21H18ClN5O2/c22-17-8-6-15(7-9-17)10-11-23-20(28)13-26-21(29)19-12-18(25-27(19)14-24-26)16-4-2-1-3-5-16/h1-9,12,14H,10-11,13H2,(H,23,28). The predicted molar refractivity (Wildman–Crippen MR) is 111 cm³/mol. The molecule has 8 heteroatoms. The van der Waals surface area contributed by atoms with Crippen molar-refractivity contribution in [3.8, 4) is 11.3 Å². The van der Waals surface area contributed by atoms with Gasteiger partial charge in [-0.3, -0.25) is 9.59 Å². The monoisotopic (exact) mass is 407 g/mol. The van der Waals surface area contributed by atoms with Crippen molar-refractivity contribution in [1.29, 1.82) is 0 Å². The normalized spacial score (nSPS) is 10.9. The highest BCUT2D eigenvalue weighted by Gasteiger charge is 2.12. The Morgan fingerprint density at radius 3 is 2.59 bits per heavy atom. The lowest BCUT2D eigenvalue weighted by molar-refractivity contribution is -0.121. The van der Waals surface area contributed by atoms with E-state index in [0.29, 0.717) is 29.2 Å². The summed E-state index contributed by atoms with van der Waals surface area (Å²) >= 11 is 5.86. The molecule has 0 atom stereocenters. The number of carbonyl (C=O) groups excluding carboxylic acids is 1. The third-order valence-corrected chi connectivity index (χ3v) is 4.75. The number of nitrogens with one attached hydrogen (secondary N) is 1. The third-order valence-electron chi connectivity index (χ3n) is 4.50. The average Bonchev–Trinajstić information content (AvgIpc) is 3.18. The van der Waals surface area contributed by atoms with Gasteiger partial charge in [0.15, 0.2) is 0 Å². The molecule has 0 aliphatic carbocycles. The maximum atomic E-state index is 12.7. The van der Waals surface area contributed by atoms with Gasteiger partial charge in [-0.25, -0.2) is 9.20 Å². The van der Waals surface area contributed by atoms with Crippen molar-refractivity contribution >= 4 is 23.0 Å². The molecule has 0 spiro atoms. The van der Waals surface area contributed by atoms with Crippen molar-refractivity contribution in [1.82, 2.24) is 24.7 Å². The summed E-state index contributed by atoms with van der Waals surface area (Å²) in [4.78, 5) is 24.9. The van der Waals surface area contributed by atoms with Crippen molar-refractivity contribution in [2.75, 3.05) is 6.54 Å². The van der Waals surface area contributed by atoms with E-state index in [4.69, 9.17) is 11.6 Å². The Hall–Kier alpha value is -3.45. The molecular weight excluding hydrogens is 390 g/mol. The number of hydrogen-bond acceptors (Lipinski definition) is 4. The minimum atomic E-state index is -0.366. The first-order valence-electron chi connectivity index (χ1n) is 9.12. The molecule has 7 nitrogen and oxygen atoms in total. The first-order valence-corrected chi connectivity index (χ1v) is 9.50. The Labute approximate surface area is 171 Å². The highest BCUT2D eigenvalue weighted by Crippen LogP contribution is 2.17. The first kappa shape index (κ1) is 18.9. The lowest BCUT2D eigenvalue weighted by Gasteiger charge is -2.07. The molecule has 1 amide bonds. The number of rotatable bonds is 6. The molecule has 0 aliphatic rings. The summed E-state index contributed by atoms with van der Waals surface area (Å²) in [6.07, 6.45) is 2.11. The van der Waals surface area contributed by atoms with Gasteiger partial charge in [0.05, 0.1) is 5.69 Å². The van der Waals surface area contributed by atoms with Gasteiger partial charge < -0.3 is 5.32 Å². The van der Waals surface area contributed by atoms with Gasteiger partial charge in [0, 0.05) is 17.1 Å². The summed E-state index contributed by atoms with van der Waals surface area (Å²) in [5.74, 6) is -0.277. The quantitative estimate of drug-likeness (QED) is 0.532. The number of halogens is 1. The second-order valence-electron chi connectivity index (χ2n) is 6.55. The number of nitrogens with zero attached hydrogens (tertiary/aromatic N) is 4. The Balaban J connectivity index is 1.43. The highest BCUT2D eigenvalue weighted by atomic mass is 35.5. The lowest BCUT2D eigenvalue weighted by Crippen LogP contribution is -2.35. The SMILES string of the molecule is O=C(Cn1ncn2nc(-c3ccccc3)cc2c1=O)NCCc1ccc(Cl)cc1. The van der Waals surface area contributed by atoms with Crippen molar-refractivity contribution < 1.29 is 4.79 Å². The number of fused-ring (bicyclic) bond motifs is 1. The molecule has 0 bridgehead atoms. The topological polar surface area (TPSA) is 81.3 Å². The van der Waals surface area contributed by atoms with Gasteiger partial charge in [-0.1, -0.05) is 54.1 Å². The van der Waals surface area contributed by atoms with Crippen LogP contribution in [0.5, 0.6) is 0 Å². The fourth-order valence-electron chi connectivity index (χ4n) is 2.99. The molecule has 2 heterocycles. The van der Waals surface area contributed by atoms with E-state index in [1.165, 1.54) is 10.8 Å². The molecular formula is C21H18ClN5O2. The summed E-state index contributed by atoms with van der Waals surface area (Å²) in [6.45, 7) is 0.310. The maximum absolute atomic E-state index is 12.7. The van der Waals surface area contributed by atoms with E-state index < -0.39 is 0 Å². The van der Waals surface area contributed by atoms with Crippen LogP contribution in [0.3, 0.4) is 0 Å². The molecule has 4 rings (SSSR count). The van der Waals surface area contributed by atoms with Gasteiger partial charge in [-0.2, -0.15) is 10.2 Å². The zero-order chi connectivity index (χ0) is 20.2. The summed E-state index contributed by atoms with van der Waals surface area (Å²) in [7, 11) is 0. The zero-order valence-electron chi connectivity index (χ0n) is 15.5. The number of amides is 1. The summed E-state index contributed by atoms with van der Waals surface area (Å²) < 4.78 is 2.57. The van der Waals surface area contributed by atoms with E-state index in [0.717, 1.165) is 15.8 Å². The van der Waals surface area contributed by atoms with Crippen molar-refractivity contribution in [2.24, 2.45) is 0 Å². The van der Waals surface area contributed by atoms with E-state index in [-0.39, 0.29) is 18.0 Å². The molecule has 0 unspecified atom stereocenters. The van der Waals surface area contributed by atoms with Crippen LogP contribution in [0.25, 0.3) is 16.8 Å². The largest absolute Gasteiger partial charge is 0.354 e. The highest BCUT2D eigenvalue weighted by molar-refractivity contribution is 6.30. The van der Waals surface area contributed by atoms with Crippen LogP contribution in [0.2, 0.25) is 5.02 Å². The van der Waals surface area contributed by atoms with Crippen LogP contribution in [0.4, 0.5) is 0 Å². The van der Waals surface area contributed by atoms with Crippen molar-refractivity contribution in [3.05, 3.63) is 87.9 Å². The zero-order valence-corrected chi connectivity index (χ0v) is 16.2. The minimum Gasteiger partial charge on any atom is -0.354 e. The van der Waals surface area contributed by atoms with E-state index in [9.17, 15) is 9.59 Å². The summed E-state index contributed by atoms with van der Waals surface area (Å²) in [6, 6.07) is 18.7. The van der Waals surface area contributed by atoms with Crippen LogP contribution >= 0.6 is 11.6 Å². The predicted octanol–water partition coefficient (Wildman–Crippen LogP) is 2.57. The second-order valence-corrected chi connectivity index (χ2v) is 6.98.